The fourth-order valence-electron chi connectivity index (χ4n) is 3.65. The van der Waals surface area contributed by atoms with Crippen molar-refractivity contribution in [2.75, 3.05) is 69.4 Å². The number of rotatable bonds is 4. The number of piperazine rings is 1. The first-order valence-electron chi connectivity index (χ1n) is 9.69. The molecule has 0 bridgehead atoms. The number of aromatic nitrogens is 2. The molecule has 2 fully saturated rings. The van der Waals surface area contributed by atoms with E-state index in [1.165, 1.54) is 0 Å². The van der Waals surface area contributed by atoms with Crippen molar-refractivity contribution < 1.29 is 14.3 Å². The summed E-state index contributed by atoms with van der Waals surface area (Å²) in [5.74, 6) is 1.34. The zero-order valence-corrected chi connectivity index (χ0v) is 17.1. The average Bonchev–Trinajstić information content (AvgIpc) is 2.79. The Bertz CT molecular complexity index is 867. The number of halogens is 1. The van der Waals surface area contributed by atoms with Gasteiger partial charge in [0, 0.05) is 50.4 Å². The summed E-state index contributed by atoms with van der Waals surface area (Å²) in [5.41, 5.74) is 1.52. The van der Waals surface area contributed by atoms with Crippen LogP contribution in [0.3, 0.4) is 0 Å². The van der Waals surface area contributed by atoms with Gasteiger partial charge in [-0.15, -0.1) is 5.10 Å². The third-order valence-corrected chi connectivity index (χ3v) is 5.52. The molecular weight excluding hydrogens is 394 g/mol. The average molecular weight is 418 g/mol. The second kappa shape index (κ2) is 8.84. The first kappa shape index (κ1) is 19.7. The van der Waals surface area contributed by atoms with E-state index in [9.17, 15) is 4.79 Å². The van der Waals surface area contributed by atoms with Crippen LogP contribution in [-0.2, 0) is 4.74 Å². The minimum Gasteiger partial charge on any atom is -0.496 e. The van der Waals surface area contributed by atoms with Gasteiger partial charge >= 0.3 is 0 Å². The molecule has 1 aromatic carbocycles. The number of hydrogen-bond acceptors (Lipinski definition) is 7. The molecule has 0 atom stereocenters. The molecule has 29 heavy (non-hydrogen) atoms. The highest BCUT2D eigenvalue weighted by atomic mass is 35.5. The van der Waals surface area contributed by atoms with Crippen molar-refractivity contribution in [1.82, 2.24) is 15.1 Å². The zero-order valence-electron chi connectivity index (χ0n) is 16.4. The Morgan fingerprint density at radius 2 is 1.83 bits per heavy atom. The molecule has 0 N–H and O–H groups in total. The minimum absolute atomic E-state index is 0.0640. The maximum atomic E-state index is 13.0. The van der Waals surface area contributed by atoms with Crippen molar-refractivity contribution in [2.24, 2.45) is 0 Å². The standard InChI is InChI=1S/C20H24ClN5O3/c1-28-18-3-2-15(21)12-17(18)20(27)26-6-4-24(5-7-26)16-13-19(23-22-14-16)25-8-10-29-11-9-25/h2-3,12-14H,4-11H2,1H3. The van der Waals surface area contributed by atoms with Crippen LogP contribution in [0.2, 0.25) is 5.02 Å². The van der Waals surface area contributed by atoms with E-state index in [-0.39, 0.29) is 5.91 Å². The predicted octanol–water partition coefficient (Wildman–Crippen LogP) is 1.94. The lowest BCUT2D eigenvalue weighted by Crippen LogP contribution is -2.49. The number of ether oxygens (including phenoxy) is 2. The molecule has 0 spiro atoms. The van der Waals surface area contributed by atoms with Gasteiger partial charge in [-0.25, -0.2) is 0 Å². The lowest BCUT2D eigenvalue weighted by atomic mass is 10.1. The van der Waals surface area contributed by atoms with E-state index in [4.69, 9.17) is 21.1 Å². The second-order valence-electron chi connectivity index (χ2n) is 7.00. The molecule has 2 aliphatic heterocycles. The summed E-state index contributed by atoms with van der Waals surface area (Å²) in [7, 11) is 1.56. The summed E-state index contributed by atoms with van der Waals surface area (Å²) in [5, 5.41) is 8.97. The van der Waals surface area contributed by atoms with Crippen molar-refractivity contribution in [3.8, 4) is 5.75 Å². The van der Waals surface area contributed by atoms with E-state index in [0.717, 1.165) is 37.7 Å². The maximum Gasteiger partial charge on any atom is 0.257 e. The zero-order chi connectivity index (χ0) is 20.2. The van der Waals surface area contributed by atoms with Crippen molar-refractivity contribution in [3.05, 3.63) is 41.0 Å². The predicted molar refractivity (Wildman–Crippen MR) is 111 cm³/mol. The Hall–Kier alpha value is -2.58. The van der Waals surface area contributed by atoms with Gasteiger partial charge in [0.1, 0.15) is 5.75 Å². The van der Waals surface area contributed by atoms with Crippen molar-refractivity contribution >= 4 is 29.0 Å². The molecule has 4 rings (SSSR count). The van der Waals surface area contributed by atoms with Crippen molar-refractivity contribution in [3.63, 3.8) is 0 Å². The molecule has 0 unspecified atom stereocenters. The monoisotopic (exact) mass is 417 g/mol. The Morgan fingerprint density at radius 3 is 2.55 bits per heavy atom. The molecule has 2 aliphatic rings. The molecule has 1 aromatic heterocycles. The Kier molecular flexibility index (Phi) is 6.01. The van der Waals surface area contributed by atoms with E-state index in [0.29, 0.717) is 42.6 Å². The van der Waals surface area contributed by atoms with Crippen LogP contribution in [0, 0.1) is 0 Å². The maximum absolute atomic E-state index is 13.0. The summed E-state index contributed by atoms with van der Waals surface area (Å²) < 4.78 is 10.7. The molecule has 9 heteroatoms. The summed E-state index contributed by atoms with van der Waals surface area (Å²) >= 11 is 6.08. The summed E-state index contributed by atoms with van der Waals surface area (Å²) in [4.78, 5) is 19.2. The number of carbonyl (C=O) groups excluding carboxylic acids is 1. The number of anilines is 2. The lowest BCUT2D eigenvalue weighted by molar-refractivity contribution is 0.0743. The topological polar surface area (TPSA) is 71.0 Å². The van der Waals surface area contributed by atoms with E-state index in [1.54, 1.807) is 31.5 Å². The van der Waals surface area contributed by atoms with Crippen LogP contribution in [0.5, 0.6) is 5.75 Å². The molecule has 0 radical (unpaired) electrons. The third-order valence-electron chi connectivity index (χ3n) is 5.29. The van der Waals surface area contributed by atoms with Crippen LogP contribution in [0.25, 0.3) is 0 Å². The first-order chi connectivity index (χ1) is 14.2. The summed E-state index contributed by atoms with van der Waals surface area (Å²) in [6.45, 7) is 5.74. The fourth-order valence-corrected chi connectivity index (χ4v) is 3.82. The van der Waals surface area contributed by atoms with E-state index < -0.39 is 0 Å². The highest BCUT2D eigenvalue weighted by Gasteiger charge is 2.25. The quantitative estimate of drug-likeness (QED) is 0.752. The molecule has 0 saturated carbocycles. The molecular formula is C20H24ClN5O3. The van der Waals surface area contributed by atoms with E-state index in [2.05, 4.69) is 26.1 Å². The van der Waals surface area contributed by atoms with Gasteiger partial charge in [-0.05, 0) is 18.2 Å². The first-order valence-corrected chi connectivity index (χ1v) is 10.1. The van der Waals surface area contributed by atoms with Gasteiger partial charge in [-0.3, -0.25) is 4.79 Å². The smallest absolute Gasteiger partial charge is 0.257 e. The molecule has 3 heterocycles. The number of benzene rings is 1. The van der Waals surface area contributed by atoms with E-state index in [1.807, 2.05) is 4.90 Å². The Morgan fingerprint density at radius 1 is 1.07 bits per heavy atom. The normalized spacial score (nSPS) is 17.4. The van der Waals surface area contributed by atoms with Gasteiger partial charge in [0.15, 0.2) is 5.82 Å². The number of amides is 1. The van der Waals surface area contributed by atoms with Gasteiger partial charge < -0.3 is 24.2 Å². The van der Waals surface area contributed by atoms with Crippen molar-refractivity contribution in [1.29, 1.82) is 0 Å². The molecule has 1 amide bonds. The summed E-state index contributed by atoms with van der Waals surface area (Å²) in [6.07, 6.45) is 1.78. The fraction of sp³-hybridized carbons (Fsp3) is 0.450. The van der Waals surface area contributed by atoms with Gasteiger partial charge in [0.2, 0.25) is 0 Å². The van der Waals surface area contributed by atoms with Crippen LogP contribution in [0.1, 0.15) is 10.4 Å². The number of carbonyl (C=O) groups is 1. The highest BCUT2D eigenvalue weighted by molar-refractivity contribution is 6.31. The molecule has 154 valence electrons. The van der Waals surface area contributed by atoms with Gasteiger partial charge in [-0.1, -0.05) is 11.6 Å². The number of methoxy groups -OCH3 is 1. The number of morpholine rings is 1. The largest absolute Gasteiger partial charge is 0.496 e. The van der Waals surface area contributed by atoms with Crippen LogP contribution in [0.4, 0.5) is 11.5 Å². The SMILES string of the molecule is COc1ccc(Cl)cc1C(=O)N1CCN(c2cnnc(N3CCOCC3)c2)CC1. The molecule has 8 nitrogen and oxygen atoms in total. The highest BCUT2D eigenvalue weighted by Crippen LogP contribution is 2.26. The summed E-state index contributed by atoms with van der Waals surface area (Å²) in [6, 6.07) is 7.17. The van der Waals surface area contributed by atoms with Gasteiger partial charge in [0.05, 0.1) is 37.8 Å². The van der Waals surface area contributed by atoms with Crippen molar-refractivity contribution in [2.45, 2.75) is 0 Å². The van der Waals surface area contributed by atoms with Crippen LogP contribution >= 0.6 is 11.6 Å². The van der Waals surface area contributed by atoms with Crippen LogP contribution < -0.4 is 14.5 Å². The molecule has 0 aliphatic carbocycles. The Labute approximate surface area is 175 Å². The number of hydrogen-bond donors (Lipinski definition) is 0. The number of nitrogens with zero attached hydrogens (tertiary/aromatic N) is 5. The van der Waals surface area contributed by atoms with Gasteiger partial charge in [0.25, 0.3) is 5.91 Å². The second-order valence-corrected chi connectivity index (χ2v) is 7.43. The lowest BCUT2D eigenvalue weighted by Gasteiger charge is -2.36. The molecule has 2 saturated heterocycles. The van der Waals surface area contributed by atoms with Crippen LogP contribution in [0.15, 0.2) is 30.5 Å². The van der Waals surface area contributed by atoms with Gasteiger partial charge in [-0.2, -0.15) is 5.10 Å². The van der Waals surface area contributed by atoms with Crippen LogP contribution in [-0.4, -0.2) is 80.6 Å². The van der Waals surface area contributed by atoms with E-state index >= 15 is 0 Å². The Balaban J connectivity index is 1.42. The minimum atomic E-state index is -0.0640. The third kappa shape index (κ3) is 4.38. The molecule has 2 aromatic rings.